The van der Waals surface area contributed by atoms with Crippen LogP contribution in [-0.4, -0.2) is 6.61 Å². The monoisotopic (exact) mass is 174 g/mol. The smallest absolute Gasteiger partial charge is 0.126 e. The van der Waals surface area contributed by atoms with E-state index >= 15 is 0 Å². The number of para-hydroxylation sites is 1. The first-order valence-corrected chi connectivity index (χ1v) is 4.68. The zero-order valence-electron chi connectivity index (χ0n) is 8.08. The molecule has 1 aromatic carbocycles. The molecule has 1 nitrogen and oxygen atoms in total. The highest BCUT2D eigenvalue weighted by atomic mass is 16.5. The standard InChI is InChI=1S/C12H14O/c1-9-6-4-8-13-12-10(2)5-3-7-11(9)12/h3-7,9H,8H2,1-2H3/t9-/m1/s1. The van der Waals surface area contributed by atoms with E-state index in [9.17, 15) is 0 Å². The maximum Gasteiger partial charge on any atom is 0.126 e. The zero-order chi connectivity index (χ0) is 9.26. The van der Waals surface area contributed by atoms with Gasteiger partial charge in [0.1, 0.15) is 12.4 Å². The Morgan fingerprint density at radius 3 is 3.08 bits per heavy atom. The summed E-state index contributed by atoms with van der Waals surface area (Å²) in [5.41, 5.74) is 2.53. The minimum Gasteiger partial charge on any atom is -0.489 e. The molecular formula is C12H14O. The molecule has 1 aromatic rings. The van der Waals surface area contributed by atoms with Crippen LogP contribution in [0.3, 0.4) is 0 Å². The predicted octanol–water partition coefficient (Wildman–Crippen LogP) is 3.05. The quantitative estimate of drug-likeness (QED) is 0.549. The molecule has 1 atom stereocenters. The molecule has 0 bridgehead atoms. The number of rotatable bonds is 0. The number of allylic oxidation sites excluding steroid dienone is 1. The van der Waals surface area contributed by atoms with Gasteiger partial charge in [0.2, 0.25) is 0 Å². The van der Waals surface area contributed by atoms with Gasteiger partial charge in [0.25, 0.3) is 0 Å². The molecule has 0 aromatic heterocycles. The van der Waals surface area contributed by atoms with Crippen LogP contribution in [0.15, 0.2) is 30.4 Å². The van der Waals surface area contributed by atoms with Crippen LogP contribution in [-0.2, 0) is 0 Å². The van der Waals surface area contributed by atoms with Gasteiger partial charge in [-0.05, 0) is 12.5 Å². The van der Waals surface area contributed by atoms with Crippen LogP contribution in [0.4, 0.5) is 0 Å². The molecule has 1 aliphatic rings. The zero-order valence-corrected chi connectivity index (χ0v) is 8.08. The third-order valence-corrected chi connectivity index (χ3v) is 2.48. The summed E-state index contributed by atoms with van der Waals surface area (Å²) in [4.78, 5) is 0. The van der Waals surface area contributed by atoms with Gasteiger partial charge >= 0.3 is 0 Å². The summed E-state index contributed by atoms with van der Waals surface area (Å²) in [7, 11) is 0. The van der Waals surface area contributed by atoms with E-state index in [2.05, 4.69) is 44.2 Å². The van der Waals surface area contributed by atoms with E-state index in [0.29, 0.717) is 12.5 Å². The third-order valence-electron chi connectivity index (χ3n) is 2.48. The van der Waals surface area contributed by atoms with Gasteiger partial charge < -0.3 is 4.74 Å². The van der Waals surface area contributed by atoms with E-state index in [1.807, 2.05) is 0 Å². The summed E-state index contributed by atoms with van der Waals surface area (Å²) in [5, 5.41) is 0. The fourth-order valence-electron chi connectivity index (χ4n) is 1.73. The summed E-state index contributed by atoms with van der Waals surface area (Å²) in [6.45, 7) is 4.99. The molecule has 0 saturated heterocycles. The molecule has 0 saturated carbocycles. The lowest BCUT2D eigenvalue weighted by Gasteiger charge is -2.12. The van der Waals surface area contributed by atoms with Crippen LogP contribution in [0.25, 0.3) is 0 Å². The molecule has 1 heteroatoms. The van der Waals surface area contributed by atoms with E-state index in [4.69, 9.17) is 4.74 Å². The van der Waals surface area contributed by atoms with Gasteiger partial charge in [-0.2, -0.15) is 0 Å². The molecule has 0 radical (unpaired) electrons. The van der Waals surface area contributed by atoms with Crippen molar-refractivity contribution in [3.8, 4) is 5.75 Å². The highest BCUT2D eigenvalue weighted by molar-refractivity contribution is 5.45. The average Bonchev–Trinajstić information content (AvgIpc) is 2.30. The first kappa shape index (κ1) is 8.36. The summed E-state index contributed by atoms with van der Waals surface area (Å²) in [6.07, 6.45) is 4.29. The summed E-state index contributed by atoms with van der Waals surface area (Å²) < 4.78 is 5.66. The Labute approximate surface area is 79.0 Å². The van der Waals surface area contributed by atoms with Crippen molar-refractivity contribution in [2.45, 2.75) is 19.8 Å². The maximum atomic E-state index is 5.66. The normalized spacial score (nSPS) is 20.3. The fraction of sp³-hybridized carbons (Fsp3) is 0.333. The second kappa shape index (κ2) is 3.25. The van der Waals surface area contributed by atoms with Crippen LogP contribution in [0.1, 0.15) is 24.0 Å². The summed E-state index contributed by atoms with van der Waals surface area (Å²) in [5.74, 6) is 1.54. The van der Waals surface area contributed by atoms with Crippen LogP contribution >= 0.6 is 0 Å². The van der Waals surface area contributed by atoms with Crippen molar-refractivity contribution in [1.29, 1.82) is 0 Å². The SMILES string of the molecule is Cc1cccc2c1OCC=C[C@H]2C. The minimum absolute atomic E-state index is 0.470. The highest BCUT2D eigenvalue weighted by Gasteiger charge is 2.13. The molecule has 0 spiro atoms. The molecular weight excluding hydrogens is 160 g/mol. The van der Waals surface area contributed by atoms with Gasteiger partial charge in [-0.15, -0.1) is 0 Å². The molecule has 0 aliphatic carbocycles. The highest BCUT2D eigenvalue weighted by Crippen LogP contribution is 2.32. The second-order valence-corrected chi connectivity index (χ2v) is 3.52. The van der Waals surface area contributed by atoms with Gasteiger partial charge in [0.05, 0.1) is 0 Å². The molecule has 2 rings (SSSR count). The van der Waals surface area contributed by atoms with Crippen molar-refractivity contribution >= 4 is 0 Å². The molecule has 0 unspecified atom stereocenters. The minimum atomic E-state index is 0.470. The lowest BCUT2D eigenvalue weighted by Crippen LogP contribution is -1.97. The van der Waals surface area contributed by atoms with Crippen LogP contribution < -0.4 is 4.74 Å². The Morgan fingerprint density at radius 2 is 2.23 bits per heavy atom. The average molecular weight is 174 g/mol. The summed E-state index contributed by atoms with van der Waals surface area (Å²) in [6, 6.07) is 6.33. The van der Waals surface area contributed by atoms with Gasteiger partial charge in [0, 0.05) is 11.5 Å². The summed E-state index contributed by atoms with van der Waals surface area (Å²) >= 11 is 0. The van der Waals surface area contributed by atoms with Crippen molar-refractivity contribution in [2.75, 3.05) is 6.61 Å². The molecule has 0 amide bonds. The van der Waals surface area contributed by atoms with E-state index in [-0.39, 0.29) is 0 Å². The molecule has 13 heavy (non-hydrogen) atoms. The maximum absolute atomic E-state index is 5.66. The van der Waals surface area contributed by atoms with Gasteiger partial charge in [-0.3, -0.25) is 0 Å². The van der Waals surface area contributed by atoms with Gasteiger partial charge in [-0.1, -0.05) is 37.3 Å². The number of benzene rings is 1. The Morgan fingerprint density at radius 1 is 1.38 bits per heavy atom. The van der Waals surface area contributed by atoms with Crippen LogP contribution in [0.2, 0.25) is 0 Å². The van der Waals surface area contributed by atoms with Crippen LogP contribution in [0, 0.1) is 6.92 Å². The van der Waals surface area contributed by atoms with Crippen molar-refractivity contribution in [3.63, 3.8) is 0 Å². The number of hydrogen-bond acceptors (Lipinski definition) is 1. The van der Waals surface area contributed by atoms with E-state index < -0.39 is 0 Å². The molecule has 1 aliphatic heterocycles. The fourth-order valence-corrected chi connectivity index (χ4v) is 1.73. The van der Waals surface area contributed by atoms with Crippen molar-refractivity contribution in [1.82, 2.24) is 0 Å². The van der Waals surface area contributed by atoms with Crippen molar-refractivity contribution in [3.05, 3.63) is 41.5 Å². The van der Waals surface area contributed by atoms with E-state index in [1.54, 1.807) is 0 Å². The van der Waals surface area contributed by atoms with Gasteiger partial charge in [0.15, 0.2) is 0 Å². The predicted molar refractivity (Wildman–Crippen MR) is 54.2 cm³/mol. The number of ether oxygens (including phenoxy) is 1. The van der Waals surface area contributed by atoms with Crippen molar-refractivity contribution < 1.29 is 4.74 Å². The second-order valence-electron chi connectivity index (χ2n) is 3.52. The van der Waals surface area contributed by atoms with Crippen LogP contribution in [0.5, 0.6) is 5.75 Å². The topological polar surface area (TPSA) is 9.23 Å². The number of hydrogen-bond donors (Lipinski definition) is 0. The van der Waals surface area contributed by atoms with E-state index in [1.165, 1.54) is 11.1 Å². The van der Waals surface area contributed by atoms with Gasteiger partial charge in [-0.25, -0.2) is 0 Å². The number of aryl methyl sites for hydroxylation is 1. The lowest BCUT2D eigenvalue weighted by molar-refractivity contribution is 0.359. The van der Waals surface area contributed by atoms with Crippen molar-refractivity contribution in [2.24, 2.45) is 0 Å². The Bertz CT molecular complexity index is 339. The Hall–Kier alpha value is -1.24. The third kappa shape index (κ3) is 1.46. The molecule has 0 N–H and O–H groups in total. The molecule has 68 valence electrons. The molecule has 1 heterocycles. The molecule has 0 fully saturated rings. The number of fused-ring (bicyclic) bond motifs is 1. The largest absolute Gasteiger partial charge is 0.489 e. The Kier molecular flexibility index (Phi) is 2.09. The first-order valence-electron chi connectivity index (χ1n) is 4.68. The lowest BCUT2D eigenvalue weighted by atomic mass is 9.98. The Balaban J connectivity index is 2.53. The first-order chi connectivity index (χ1) is 6.29. The van der Waals surface area contributed by atoms with E-state index in [0.717, 1.165) is 5.75 Å².